The Kier molecular flexibility index (Phi) is 6.51. The van der Waals surface area contributed by atoms with Crippen molar-refractivity contribution in [1.29, 1.82) is 0 Å². The number of aliphatic hydroxyl groups excluding tert-OH is 2. The first-order chi connectivity index (χ1) is 14.5. The van der Waals surface area contributed by atoms with E-state index in [4.69, 9.17) is 19.6 Å². The summed E-state index contributed by atoms with van der Waals surface area (Å²) in [6, 6.07) is -1.51. The van der Waals surface area contributed by atoms with E-state index in [9.17, 15) is 29.5 Å². The Bertz CT molecular complexity index is 1030. The molecular weight excluding hydrogens is 445 g/mol. The van der Waals surface area contributed by atoms with E-state index < -0.39 is 63.4 Å². The average molecular weight is 463 g/mol. The molecule has 1 aliphatic heterocycles. The average Bonchev–Trinajstić information content (AvgIpc) is 3.21. The summed E-state index contributed by atoms with van der Waals surface area (Å²) < 4.78 is 21.8. The Morgan fingerprint density at radius 3 is 2.55 bits per heavy atom. The van der Waals surface area contributed by atoms with Crippen LogP contribution in [0.1, 0.15) is 12.6 Å². The first-order valence-electron chi connectivity index (χ1n) is 8.58. The second-order valence-electron chi connectivity index (χ2n) is 6.51. The van der Waals surface area contributed by atoms with Crippen molar-refractivity contribution in [3.63, 3.8) is 0 Å². The number of nitrogens with zero attached hydrogens (tertiary/aromatic N) is 4. The van der Waals surface area contributed by atoms with Crippen molar-refractivity contribution in [2.75, 3.05) is 11.9 Å². The van der Waals surface area contributed by atoms with Crippen LogP contribution in [0.15, 0.2) is 12.7 Å². The summed E-state index contributed by atoms with van der Waals surface area (Å²) in [6.07, 6.45) is -4.20. The van der Waals surface area contributed by atoms with Crippen molar-refractivity contribution in [3.8, 4) is 0 Å². The maximum atomic E-state index is 11.3. The molecule has 0 bridgehead atoms. The highest BCUT2D eigenvalue weighted by Gasteiger charge is 2.45. The molecule has 170 valence electrons. The number of fused-ring (bicyclic) bond motifs is 1. The van der Waals surface area contributed by atoms with Gasteiger partial charge in [-0.3, -0.25) is 13.9 Å². The fraction of sp³-hybridized carbons (Fsp3) is 0.500. The number of aromatic nitrogens is 4. The summed E-state index contributed by atoms with van der Waals surface area (Å²) in [4.78, 5) is 51.6. The van der Waals surface area contributed by atoms with Gasteiger partial charge in [-0.1, -0.05) is 0 Å². The lowest BCUT2D eigenvalue weighted by Gasteiger charge is -2.17. The van der Waals surface area contributed by atoms with Crippen LogP contribution in [0.5, 0.6) is 0 Å². The number of carboxylic acid groups (broad SMARTS) is 2. The highest BCUT2D eigenvalue weighted by molar-refractivity contribution is 7.46. The van der Waals surface area contributed by atoms with Gasteiger partial charge in [-0.25, -0.2) is 24.3 Å². The molecule has 0 aliphatic carbocycles. The van der Waals surface area contributed by atoms with Gasteiger partial charge in [0.2, 0.25) is 0 Å². The van der Waals surface area contributed by atoms with Crippen LogP contribution in [0, 0.1) is 0 Å². The third-order valence-electron chi connectivity index (χ3n) is 4.36. The Labute approximate surface area is 172 Å². The fourth-order valence-corrected chi connectivity index (χ4v) is 3.29. The van der Waals surface area contributed by atoms with Gasteiger partial charge in [-0.15, -0.1) is 0 Å². The molecule has 1 aliphatic rings. The lowest BCUT2D eigenvalue weighted by molar-refractivity contribution is -0.144. The summed E-state index contributed by atoms with van der Waals surface area (Å²) in [7, 11) is -4.83. The Hall–Kier alpha value is -2.72. The Morgan fingerprint density at radius 1 is 1.23 bits per heavy atom. The van der Waals surface area contributed by atoms with Gasteiger partial charge < -0.3 is 40.3 Å². The zero-order chi connectivity index (χ0) is 22.9. The predicted octanol–water partition coefficient (Wildman–Crippen LogP) is -2.11. The van der Waals surface area contributed by atoms with Crippen molar-refractivity contribution in [1.82, 2.24) is 19.5 Å². The van der Waals surface area contributed by atoms with Gasteiger partial charge in [0.1, 0.15) is 30.7 Å². The monoisotopic (exact) mass is 463 g/mol. The summed E-state index contributed by atoms with van der Waals surface area (Å²) in [5.74, 6) is -2.87. The van der Waals surface area contributed by atoms with Crippen LogP contribution in [0.3, 0.4) is 0 Å². The normalized spacial score (nSPS) is 24.9. The number of phosphoric ester groups is 1. The smallest absolute Gasteiger partial charge is 0.469 e. The van der Waals surface area contributed by atoms with E-state index in [1.807, 2.05) is 0 Å². The first-order valence-corrected chi connectivity index (χ1v) is 10.1. The minimum Gasteiger partial charge on any atom is -0.481 e. The molecule has 0 aromatic carbocycles. The largest absolute Gasteiger partial charge is 0.481 e. The van der Waals surface area contributed by atoms with Gasteiger partial charge in [-0.2, -0.15) is 0 Å². The van der Waals surface area contributed by atoms with Crippen molar-refractivity contribution < 1.29 is 53.6 Å². The zero-order valence-corrected chi connectivity index (χ0v) is 16.3. The van der Waals surface area contributed by atoms with Gasteiger partial charge in [0, 0.05) is 0 Å². The number of hydrogen-bond donors (Lipinski definition) is 7. The standard InChI is InChI=1S/C14H18N5O11P/c20-7(21)1-5(14(24)25)18-11-8-12(16-3-15-11)19(4-17-8)13-10(23)9(22)6(30-13)2-29-31(26,27)28/h3-6,9-10,13,22-23H,1-2H2,(H,20,21)(H,24,25)(H,15,16,18)(H2,26,27,28)/t5?,6-,9-,10-,13-/m1/s1. The van der Waals surface area contributed by atoms with Crippen molar-refractivity contribution in [2.45, 2.75) is 37.0 Å². The number of rotatable bonds is 9. The quantitative estimate of drug-likeness (QED) is 0.197. The van der Waals surface area contributed by atoms with E-state index in [1.54, 1.807) is 0 Å². The maximum absolute atomic E-state index is 11.3. The van der Waals surface area contributed by atoms with Crippen molar-refractivity contribution >= 4 is 36.7 Å². The molecule has 1 saturated heterocycles. The highest BCUT2D eigenvalue weighted by Crippen LogP contribution is 2.39. The van der Waals surface area contributed by atoms with Gasteiger partial charge in [0.25, 0.3) is 0 Å². The first kappa shape index (κ1) is 23.0. The third kappa shape index (κ3) is 5.13. The lowest BCUT2D eigenvalue weighted by Crippen LogP contribution is -2.33. The van der Waals surface area contributed by atoms with Crippen LogP contribution < -0.4 is 5.32 Å². The van der Waals surface area contributed by atoms with Crippen molar-refractivity contribution in [3.05, 3.63) is 12.7 Å². The molecule has 0 spiro atoms. The topological polar surface area (TPSA) is 247 Å². The van der Waals surface area contributed by atoms with Crippen LogP contribution >= 0.6 is 7.82 Å². The number of carbonyl (C=O) groups is 2. The van der Waals surface area contributed by atoms with Crippen LogP contribution in [-0.2, 0) is 23.4 Å². The van der Waals surface area contributed by atoms with Crippen molar-refractivity contribution in [2.24, 2.45) is 0 Å². The van der Waals surface area contributed by atoms with E-state index in [1.165, 1.54) is 4.57 Å². The molecule has 2 aromatic heterocycles. The summed E-state index contributed by atoms with van der Waals surface area (Å²) >= 11 is 0. The maximum Gasteiger partial charge on any atom is 0.469 e. The molecule has 2 aromatic rings. The van der Waals surface area contributed by atoms with Gasteiger partial charge in [0.15, 0.2) is 23.2 Å². The van der Waals surface area contributed by atoms with Gasteiger partial charge in [-0.05, 0) is 0 Å². The molecule has 17 heteroatoms. The molecule has 0 amide bonds. The Morgan fingerprint density at radius 2 is 1.94 bits per heavy atom. The summed E-state index contributed by atoms with van der Waals surface area (Å²) in [5.41, 5.74) is 0.0733. The number of hydrogen-bond acceptors (Lipinski definition) is 11. The van der Waals surface area contributed by atoms with Crippen LogP contribution in [0.4, 0.5) is 5.82 Å². The molecule has 7 N–H and O–H groups in total. The number of nitrogens with one attached hydrogen (secondary N) is 1. The molecule has 0 radical (unpaired) electrons. The second-order valence-corrected chi connectivity index (χ2v) is 7.75. The van der Waals surface area contributed by atoms with E-state index in [0.717, 1.165) is 12.7 Å². The molecule has 16 nitrogen and oxygen atoms in total. The molecule has 5 atom stereocenters. The number of aliphatic hydroxyl groups is 2. The molecule has 1 unspecified atom stereocenters. The predicted molar refractivity (Wildman–Crippen MR) is 96.5 cm³/mol. The molecule has 31 heavy (non-hydrogen) atoms. The molecular formula is C14H18N5O11P. The summed E-state index contributed by atoms with van der Waals surface area (Å²) in [5, 5.41) is 40.9. The fourth-order valence-electron chi connectivity index (χ4n) is 2.95. The number of aliphatic carboxylic acids is 2. The van der Waals surface area contributed by atoms with Crippen LogP contribution in [0.2, 0.25) is 0 Å². The number of phosphoric acid groups is 1. The minimum absolute atomic E-state index is 0.0272. The van der Waals surface area contributed by atoms with Crippen LogP contribution in [-0.4, -0.2) is 92.6 Å². The zero-order valence-electron chi connectivity index (χ0n) is 15.4. The van der Waals surface area contributed by atoms with Gasteiger partial charge >= 0.3 is 19.8 Å². The Balaban J connectivity index is 1.86. The number of carboxylic acids is 2. The lowest BCUT2D eigenvalue weighted by atomic mass is 10.1. The second kappa shape index (κ2) is 8.80. The van der Waals surface area contributed by atoms with E-state index in [2.05, 4.69) is 24.8 Å². The molecule has 1 fully saturated rings. The third-order valence-corrected chi connectivity index (χ3v) is 4.85. The number of imidazole rings is 1. The number of ether oxygens (including phenoxy) is 1. The molecule has 3 heterocycles. The van der Waals surface area contributed by atoms with E-state index in [0.29, 0.717) is 0 Å². The van der Waals surface area contributed by atoms with Crippen LogP contribution in [0.25, 0.3) is 11.2 Å². The highest BCUT2D eigenvalue weighted by atomic mass is 31.2. The molecule has 0 saturated carbocycles. The SMILES string of the molecule is O=C(O)CC(Nc1ncnc2c1ncn2[C@@H]1O[C@H](COP(=O)(O)O)[C@@H](O)[C@H]1O)C(=O)O. The number of anilines is 1. The summed E-state index contributed by atoms with van der Waals surface area (Å²) in [6.45, 7) is -0.705. The minimum atomic E-state index is -4.83. The molecule has 3 rings (SSSR count). The van der Waals surface area contributed by atoms with E-state index in [-0.39, 0.29) is 17.0 Å². The van der Waals surface area contributed by atoms with E-state index >= 15 is 0 Å². The van der Waals surface area contributed by atoms with Gasteiger partial charge in [0.05, 0.1) is 19.4 Å².